The number of carboxylic acids is 1. The minimum Gasteiger partial charge on any atom is -0.481 e. The standard InChI is InChI=1S/C18H24N2O5S/c1-13-2-4-14(5-3-13)20-16(22)11-26-10-15(21)19-12-18(17(23)24)6-8-25-9-7-18/h2-5H,6-12H2,1H3,(H,19,21)(H,20,22)(H,23,24). The molecular weight excluding hydrogens is 356 g/mol. The number of aryl methyl sites for hydroxylation is 1. The van der Waals surface area contributed by atoms with Crippen molar-refractivity contribution in [2.45, 2.75) is 19.8 Å². The van der Waals surface area contributed by atoms with Crippen molar-refractivity contribution in [1.29, 1.82) is 0 Å². The molecule has 1 aromatic rings. The number of thioether (sulfide) groups is 1. The Hall–Kier alpha value is -2.06. The zero-order chi connectivity index (χ0) is 19.0. The molecule has 0 saturated carbocycles. The van der Waals surface area contributed by atoms with Gasteiger partial charge in [-0.25, -0.2) is 0 Å². The lowest BCUT2D eigenvalue weighted by Crippen LogP contribution is -2.47. The Kier molecular flexibility index (Phi) is 7.47. The first kappa shape index (κ1) is 20.3. The fourth-order valence-electron chi connectivity index (χ4n) is 2.62. The van der Waals surface area contributed by atoms with Crippen molar-refractivity contribution < 1.29 is 24.2 Å². The number of carbonyl (C=O) groups is 3. The third-order valence-electron chi connectivity index (χ3n) is 4.33. The van der Waals surface area contributed by atoms with Gasteiger partial charge in [0.15, 0.2) is 0 Å². The van der Waals surface area contributed by atoms with Gasteiger partial charge in [0.05, 0.1) is 16.9 Å². The first-order valence-corrected chi connectivity index (χ1v) is 9.59. The van der Waals surface area contributed by atoms with Crippen molar-refractivity contribution in [2.75, 3.05) is 36.6 Å². The van der Waals surface area contributed by atoms with Gasteiger partial charge in [-0.3, -0.25) is 14.4 Å². The van der Waals surface area contributed by atoms with E-state index in [9.17, 15) is 19.5 Å². The average molecular weight is 380 g/mol. The van der Waals surface area contributed by atoms with Crippen LogP contribution in [0, 0.1) is 12.3 Å². The molecular formula is C18H24N2O5S. The minimum atomic E-state index is -0.957. The number of nitrogens with one attached hydrogen (secondary N) is 2. The van der Waals surface area contributed by atoms with Gasteiger partial charge in [-0.1, -0.05) is 17.7 Å². The van der Waals surface area contributed by atoms with Crippen molar-refractivity contribution in [3.8, 4) is 0 Å². The van der Waals surface area contributed by atoms with E-state index in [1.54, 1.807) is 0 Å². The highest BCUT2D eigenvalue weighted by atomic mass is 32.2. The highest BCUT2D eigenvalue weighted by molar-refractivity contribution is 8.00. The fraction of sp³-hybridized carbons (Fsp3) is 0.500. The molecule has 1 aliphatic rings. The predicted octanol–water partition coefficient (Wildman–Crippen LogP) is 1.66. The molecule has 1 heterocycles. The molecule has 2 amide bonds. The number of carboxylic acid groups (broad SMARTS) is 1. The molecule has 8 heteroatoms. The molecule has 1 aromatic carbocycles. The number of hydrogen-bond acceptors (Lipinski definition) is 5. The van der Waals surface area contributed by atoms with Gasteiger partial charge in [-0.05, 0) is 31.9 Å². The van der Waals surface area contributed by atoms with Crippen LogP contribution in [-0.2, 0) is 19.1 Å². The zero-order valence-corrected chi connectivity index (χ0v) is 15.6. The van der Waals surface area contributed by atoms with Gasteiger partial charge in [0.1, 0.15) is 0 Å². The van der Waals surface area contributed by atoms with Gasteiger partial charge >= 0.3 is 5.97 Å². The molecule has 0 atom stereocenters. The van der Waals surface area contributed by atoms with E-state index in [4.69, 9.17) is 4.74 Å². The molecule has 142 valence electrons. The summed E-state index contributed by atoms with van der Waals surface area (Å²) in [4.78, 5) is 35.3. The smallest absolute Gasteiger partial charge is 0.311 e. The van der Waals surface area contributed by atoms with E-state index < -0.39 is 11.4 Å². The van der Waals surface area contributed by atoms with E-state index in [-0.39, 0.29) is 29.9 Å². The molecule has 3 N–H and O–H groups in total. The van der Waals surface area contributed by atoms with Crippen LogP contribution in [0.3, 0.4) is 0 Å². The van der Waals surface area contributed by atoms with E-state index in [2.05, 4.69) is 10.6 Å². The summed E-state index contributed by atoms with van der Waals surface area (Å²) in [6.07, 6.45) is 0.767. The van der Waals surface area contributed by atoms with Crippen LogP contribution in [0.5, 0.6) is 0 Å². The van der Waals surface area contributed by atoms with Crippen LogP contribution in [0.4, 0.5) is 5.69 Å². The van der Waals surface area contributed by atoms with E-state index in [0.717, 1.165) is 5.56 Å². The van der Waals surface area contributed by atoms with E-state index in [0.29, 0.717) is 31.7 Å². The van der Waals surface area contributed by atoms with Crippen LogP contribution < -0.4 is 10.6 Å². The van der Waals surface area contributed by atoms with Crippen molar-refractivity contribution in [3.63, 3.8) is 0 Å². The Morgan fingerprint density at radius 1 is 1.12 bits per heavy atom. The Bertz CT molecular complexity index is 641. The molecule has 7 nitrogen and oxygen atoms in total. The number of carbonyl (C=O) groups excluding carboxylic acids is 2. The van der Waals surface area contributed by atoms with E-state index in [1.165, 1.54) is 11.8 Å². The van der Waals surface area contributed by atoms with Crippen LogP contribution >= 0.6 is 11.8 Å². The topological polar surface area (TPSA) is 105 Å². The average Bonchev–Trinajstić information content (AvgIpc) is 2.62. The van der Waals surface area contributed by atoms with Crippen molar-refractivity contribution >= 4 is 35.2 Å². The summed E-state index contributed by atoms with van der Waals surface area (Å²) in [6, 6.07) is 7.46. The maximum atomic E-state index is 11.9. The minimum absolute atomic E-state index is 0.0840. The fourth-order valence-corrected chi connectivity index (χ4v) is 3.26. The lowest BCUT2D eigenvalue weighted by Gasteiger charge is -2.33. The van der Waals surface area contributed by atoms with Crippen LogP contribution in [-0.4, -0.2) is 54.2 Å². The Labute approximate surface area is 156 Å². The normalized spacial score (nSPS) is 15.9. The molecule has 0 unspecified atom stereocenters. The monoisotopic (exact) mass is 380 g/mol. The van der Waals surface area contributed by atoms with Gasteiger partial charge < -0.3 is 20.5 Å². The highest BCUT2D eigenvalue weighted by Crippen LogP contribution is 2.30. The van der Waals surface area contributed by atoms with Crippen LogP contribution in [0.2, 0.25) is 0 Å². The second-order valence-corrected chi connectivity index (χ2v) is 7.37. The van der Waals surface area contributed by atoms with Gasteiger partial charge in [0, 0.05) is 25.4 Å². The Morgan fingerprint density at radius 3 is 2.35 bits per heavy atom. The molecule has 1 fully saturated rings. The summed E-state index contributed by atoms with van der Waals surface area (Å²) >= 11 is 1.19. The summed E-state index contributed by atoms with van der Waals surface area (Å²) in [5, 5.41) is 14.9. The number of ether oxygens (including phenoxy) is 1. The molecule has 1 aliphatic heterocycles. The first-order chi connectivity index (χ1) is 12.4. The van der Waals surface area contributed by atoms with E-state index in [1.807, 2.05) is 31.2 Å². The predicted molar refractivity (Wildman–Crippen MR) is 100 cm³/mol. The van der Waals surface area contributed by atoms with Crippen LogP contribution in [0.15, 0.2) is 24.3 Å². The Balaban J connectivity index is 1.68. The summed E-state index contributed by atoms with van der Waals surface area (Å²) in [5.41, 5.74) is 0.868. The largest absolute Gasteiger partial charge is 0.481 e. The maximum absolute atomic E-state index is 11.9. The number of amides is 2. The third kappa shape index (κ3) is 6.03. The molecule has 1 saturated heterocycles. The number of rotatable bonds is 8. The van der Waals surface area contributed by atoms with Crippen molar-refractivity contribution in [3.05, 3.63) is 29.8 Å². The van der Waals surface area contributed by atoms with Gasteiger partial charge in [0.2, 0.25) is 11.8 Å². The first-order valence-electron chi connectivity index (χ1n) is 8.43. The molecule has 26 heavy (non-hydrogen) atoms. The highest BCUT2D eigenvalue weighted by Gasteiger charge is 2.40. The SMILES string of the molecule is Cc1ccc(NC(=O)CSCC(=O)NCC2(C(=O)O)CCOCC2)cc1. The van der Waals surface area contributed by atoms with Gasteiger partial charge in [-0.2, -0.15) is 0 Å². The third-order valence-corrected chi connectivity index (χ3v) is 5.26. The quantitative estimate of drug-likeness (QED) is 0.634. The number of aliphatic carboxylic acids is 1. The molecule has 2 rings (SSSR count). The lowest BCUT2D eigenvalue weighted by molar-refractivity contribution is -0.154. The van der Waals surface area contributed by atoms with E-state index >= 15 is 0 Å². The molecule has 0 radical (unpaired) electrons. The summed E-state index contributed by atoms with van der Waals surface area (Å²) in [7, 11) is 0. The molecule has 0 bridgehead atoms. The van der Waals surface area contributed by atoms with Gasteiger partial charge in [-0.15, -0.1) is 11.8 Å². The molecule has 0 aliphatic carbocycles. The van der Waals surface area contributed by atoms with Crippen LogP contribution in [0.25, 0.3) is 0 Å². The zero-order valence-electron chi connectivity index (χ0n) is 14.7. The van der Waals surface area contributed by atoms with Crippen LogP contribution in [0.1, 0.15) is 18.4 Å². The number of benzene rings is 1. The summed E-state index contributed by atoms with van der Waals surface area (Å²) in [6.45, 7) is 2.82. The molecule has 0 aromatic heterocycles. The van der Waals surface area contributed by atoms with Crippen molar-refractivity contribution in [1.82, 2.24) is 5.32 Å². The number of anilines is 1. The maximum Gasteiger partial charge on any atom is 0.311 e. The Morgan fingerprint density at radius 2 is 1.73 bits per heavy atom. The second-order valence-electron chi connectivity index (χ2n) is 6.38. The summed E-state index contributed by atoms with van der Waals surface area (Å²) < 4.78 is 5.20. The molecule has 0 spiro atoms. The van der Waals surface area contributed by atoms with Gasteiger partial charge in [0.25, 0.3) is 0 Å². The lowest BCUT2D eigenvalue weighted by atomic mass is 9.80. The second kappa shape index (κ2) is 9.59. The van der Waals surface area contributed by atoms with Crippen molar-refractivity contribution in [2.24, 2.45) is 5.41 Å². The number of hydrogen-bond donors (Lipinski definition) is 3. The summed E-state index contributed by atoms with van der Waals surface area (Å²) in [5.74, 6) is -1.11.